The molecule has 0 aliphatic heterocycles. The zero-order chi connectivity index (χ0) is 28.7. The molecule has 0 spiro atoms. The molecule has 0 aromatic heterocycles. The van der Waals surface area contributed by atoms with Gasteiger partial charge in [0.05, 0.1) is 34.3 Å². The molecule has 2 aromatic rings. The lowest BCUT2D eigenvalue weighted by Gasteiger charge is -2.17. The Balaban J connectivity index is -0.000000255. The molecule has 2 atom stereocenters. The van der Waals surface area contributed by atoms with Crippen molar-refractivity contribution in [3.63, 3.8) is 0 Å². The Kier molecular flexibility index (Phi) is 27.9. The molecule has 16 heteroatoms. The van der Waals surface area contributed by atoms with Crippen LogP contribution in [0.3, 0.4) is 0 Å². The lowest BCUT2D eigenvalue weighted by molar-refractivity contribution is -0.387. The Morgan fingerprint density at radius 3 is 1.65 bits per heavy atom. The number of ether oxygens (including phenoxy) is 2. The average Bonchev–Trinajstić information content (AvgIpc) is 2.77. The quantitative estimate of drug-likeness (QED) is 0.188. The Bertz CT molecular complexity index is 1020. The summed E-state index contributed by atoms with van der Waals surface area (Å²) in [5, 5.41) is 24.0. The number of nitro benzene ring substituents is 2. The molecular formula is C24H40Br2ClFN4O6S2. The normalized spacial score (nSPS) is 11.2. The van der Waals surface area contributed by atoms with E-state index in [2.05, 4.69) is 37.2 Å². The maximum atomic E-state index is 12.6. The van der Waals surface area contributed by atoms with Crippen LogP contribution in [0.2, 0.25) is 0 Å². The summed E-state index contributed by atoms with van der Waals surface area (Å²) in [7, 11) is 0. The number of hydrogen-bond donors (Lipinski definition) is 2. The minimum absolute atomic E-state index is 0. The van der Waals surface area contributed by atoms with E-state index in [1.807, 2.05) is 41.5 Å². The standard InChI is InChI=1S/C12H17BrN2O3.C6H3BrFNO2.C6H15NO.ClH.2H2S/c1-8(2)18-9(3)7-14-11-6-10(13)4-5-12(11)15(16)17;7-4-1-2-6(9(10)11)5(8)3-4;1-5(2)8-6(3)4-7;;;/h4-6,8-9,14H,7H2,1-3H3;1-3H;5-6H,4,7H2,1-3H3;1H;2*1H2/t9-;;6-;;;/m0.0.../s1. The Labute approximate surface area is 272 Å². The third-order valence-electron chi connectivity index (χ3n) is 4.18. The second kappa shape index (κ2) is 24.4. The number of nitro groups is 2. The molecule has 40 heavy (non-hydrogen) atoms. The first-order valence-electron chi connectivity index (χ1n) is 11.5. The molecule has 0 heterocycles. The predicted molar refractivity (Wildman–Crippen MR) is 178 cm³/mol. The van der Waals surface area contributed by atoms with Crippen molar-refractivity contribution in [3.05, 3.63) is 71.4 Å². The first-order chi connectivity index (χ1) is 17.2. The van der Waals surface area contributed by atoms with E-state index in [-0.39, 0.29) is 63.4 Å². The molecule has 0 bridgehead atoms. The molecule has 10 nitrogen and oxygen atoms in total. The first kappa shape index (κ1) is 45.8. The van der Waals surface area contributed by atoms with Gasteiger partial charge in [0, 0.05) is 34.2 Å². The van der Waals surface area contributed by atoms with E-state index in [1.165, 1.54) is 12.1 Å². The maximum Gasteiger partial charge on any atom is 0.304 e. The fourth-order valence-corrected chi connectivity index (χ4v) is 3.42. The minimum atomic E-state index is -0.829. The third kappa shape index (κ3) is 20.6. The summed E-state index contributed by atoms with van der Waals surface area (Å²) >= 11 is 6.28. The van der Waals surface area contributed by atoms with E-state index >= 15 is 0 Å². The van der Waals surface area contributed by atoms with Crippen LogP contribution in [0.25, 0.3) is 0 Å². The van der Waals surface area contributed by atoms with Crippen molar-refractivity contribution >= 4 is 88.3 Å². The number of halogens is 4. The SMILES string of the molecule is CC(C)O[C@@H](C)CN.CC(C)O[C@@H](C)CNc1cc(Br)ccc1[N+](=O)[O-].Cl.O=[N+]([O-])c1ccc(Br)cc1F.S.S. The van der Waals surface area contributed by atoms with Gasteiger partial charge in [0.15, 0.2) is 0 Å². The summed E-state index contributed by atoms with van der Waals surface area (Å²) in [6.07, 6.45) is 0.631. The number of rotatable bonds is 10. The van der Waals surface area contributed by atoms with Gasteiger partial charge >= 0.3 is 5.69 Å². The number of anilines is 1. The van der Waals surface area contributed by atoms with Gasteiger partial charge in [-0.05, 0) is 65.8 Å². The van der Waals surface area contributed by atoms with Gasteiger partial charge in [0.25, 0.3) is 5.69 Å². The van der Waals surface area contributed by atoms with Crippen molar-refractivity contribution in [3.8, 4) is 0 Å². The largest absolute Gasteiger partial charge is 0.377 e. The van der Waals surface area contributed by atoms with Crippen molar-refractivity contribution < 1.29 is 23.7 Å². The molecule has 232 valence electrons. The molecule has 0 aliphatic carbocycles. The first-order valence-corrected chi connectivity index (χ1v) is 13.0. The fraction of sp³-hybridized carbons (Fsp3) is 0.500. The average molecular weight is 759 g/mol. The van der Waals surface area contributed by atoms with Crippen molar-refractivity contribution in [2.45, 2.75) is 66.0 Å². The summed E-state index contributed by atoms with van der Waals surface area (Å²) in [5.41, 5.74) is 5.35. The van der Waals surface area contributed by atoms with E-state index < -0.39 is 21.4 Å². The lowest BCUT2D eigenvalue weighted by atomic mass is 10.2. The predicted octanol–water partition coefficient (Wildman–Crippen LogP) is 7.49. The number of nitrogens with two attached hydrogens (primary N) is 1. The molecule has 0 radical (unpaired) electrons. The highest BCUT2D eigenvalue weighted by Crippen LogP contribution is 2.27. The van der Waals surface area contributed by atoms with Crippen LogP contribution < -0.4 is 11.1 Å². The molecule has 2 aromatic carbocycles. The second-order valence-corrected chi connectivity index (χ2v) is 10.2. The van der Waals surface area contributed by atoms with Crippen molar-refractivity contribution in [2.24, 2.45) is 5.73 Å². The van der Waals surface area contributed by atoms with Crippen LogP contribution in [0.5, 0.6) is 0 Å². The highest BCUT2D eigenvalue weighted by Gasteiger charge is 2.15. The number of hydrogen-bond acceptors (Lipinski definition) is 8. The van der Waals surface area contributed by atoms with Crippen LogP contribution in [-0.4, -0.2) is 47.4 Å². The summed E-state index contributed by atoms with van der Waals surface area (Å²) in [5.74, 6) is -0.829. The van der Waals surface area contributed by atoms with Gasteiger partial charge in [-0.1, -0.05) is 31.9 Å². The summed E-state index contributed by atoms with van der Waals surface area (Å²) in [6.45, 7) is 13.0. The highest BCUT2D eigenvalue weighted by molar-refractivity contribution is 9.10. The Morgan fingerprint density at radius 2 is 1.27 bits per heavy atom. The van der Waals surface area contributed by atoms with Gasteiger partial charge in [0.2, 0.25) is 5.82 Å². The lowest BCUT2D eigenvalue weighted by Crippen LogP contribution is -2.23. The second-order valence-electron chi connectivity index (χ2n) is 8.38. The smallest absolute Gasteiger partial charge is 0.304 e. The Morgan fingerprint density at radius 1 is 0.850 bits per heavy atom. The van der Waals surface area contributed by atoms with Gasteiger partial charge in [-0.15, -0.1) is 12.4 Å². The van der Waals surface area contributed by atoms with Gasteiger partial charge in [0.1, 0.15) is 5.69 Å². The maximum absolute atomic E-state index is 12.6. The van der Waals surface area contributed by atoms with Crippen LogP contribution >= 0.6 is 71.3 Å². The van der Waals surface area contributed by atoms with E-state index in [1.54, 1.807) is 12.1 Å². The van der Waals surface area contributed by atoms with Crippen LogP contribution in [0, 0.1) is 26.0 Å². The van der Waals surface area contributed by atoms with Gasteiger partial charge in [-0.2, -0.15) is 31.4 Å². The molecule has 0 fully saturated rings. The minimum Gasteiger partial charge on any atom is -0.377 e. The molecule has 0 saturated heterocycles. The summed E-state index contributed by atoms with van der Waals surface area (Å²) in [6, 6.07) is 8.40. The van der Waals surface area contributed by atoms with Gasteiger partial charge in [-0.25, -0.2) is 0 Å². The van der Waals surface area contributed by atoms with Gasteiger partial charge in [-0.3, -0.25) is 20.2 Å². The third-order valence-corrected chi connectivity index (χ3v) is 5.17. The molecule has 0 saturated carbocycles. The van der Waals surface area contributed by atoms with Crippen molar-refractivity contribution in [1.82, 2.24) is 0 Å². The van der Waals surface area contributed by atoms with E-state index in [0.717, 1.165) is 16.6 Å². The fourth-order valence-electron chi connectivity index (χ4n) is 2.72. The summed E-state index contributed by atoms with van der Waals surface area (Å²) in [4.78, 5) is 19.8. The molecule has 0 amide bonds. The molecule has 0 unspecified atom stereocenters. The van der Waals surface area contributed by atoms with E-state index in [4.69, 9.17) is 15.2 Å². The molecule has 0 aliphatic rings. The molecular weight excluding hydrogens is 719 g/mol. The summed E-state index contributed by atoms with van der Waals surface area (Å²) < 4.78 is 24.7. The van der Waals surface area contributed by atoms with E-state index in [0.29, 0.717) is 29.4 Å². The molecule has 3 N–H and O–H groups in total. The van der Waals surface area contributed by atoms with Gasteiger partial charge < -0.3 is 20.5 Å². The topological polar surface area (TPSA) is 143 Å². The zero-order valence-electron chi connectivity index (χ0n) is 23.2. The number of benzene rings is 2. The van der Waals surface area contributed by atoms with Crippen LogP contribution in [0.1, 0.15) is 41.5 Å². The zero-order valence-corrected chi connectivity index (χ0v) is 29.1. The van der Waals surface area contributed by atoms with Crippen LogP contribution in [0.15, 0.2) is 45.3 Å². The van der Waals surface area contributed by atoms with Crippen LogP contribution in [0.4, 0.5) is 21.5 Å². The molecule has 2 rings (SSSR count). The van der Waals surface area contributed by atoms with Crippen molar-refractivity contribution in [2.75, 3.05) is 18.4 Å². The monoisotopic (exact) mass is 756 g/mol. The number of nitrogens with one attached hydrogen (secondary N) is 1. The Hall–Kier alpha value is -1.20. The highest BCUT2D eigenvalue weighted by atomic mass is 79.9. The van der Waals surface area contributed by atoms with Crippen molar-refractivity contribution in [1.29, 1.82) is 0 Å². The van der Waals surface area contributed by atoms with Crippen LogP contribution in [-0.2, 0) is 9.47 Å². The van der Waals surface area contributed by atoms with E-state index in [9.17, 15) is 24.6 Å². The number of nitrogens with zero attached hydrogens (tertiary/aromatic N) is 2.